The van der Waals surface area contributed by atoms with E-state index in [4.69, 9.17) is 10.2 Å². The van der Waals surface area contributed by atoms with E-state index in [0.717, 1.165) is 45.7 Å². The van der Waals surface area contributed by atoms with E-state index in [1.807, 2.05) is 6.92 Å². The Balaban J connectivity index is 2.09. The molecular formula is C10H22N2O2. The maximum atomic E-state index is 9.15. The molecule has 1 atom stereocenters. The van der Waals surface area contributed by atoms with Crippen LogP contribution in [0.2, 0.25) is 0 Å². The standard InChI is InChI=1S/C10H22N2O2/c1-10(14)2-3-11-4-6-12(7-5-11)8-9-13/h10,13-14H,2-9H2,1H3. The van der Waals surface area contributed by atoms with E-state index in [1.165, 1.54) is 0 Å². The fourth-order valence-corrected chi connectivity index (χ4v) is 1.75. The van der Waals surface area contributed by atoms with E-state index in [-0.39, 0.29) is 12.7 Å². The highest BCUT2D eigenvalue weighted by Crippen LogP contribution is 2.03. The molecule has 84 valence electrons. The molecule has 14 heavy (non-hydrogen) atoms. The van der Waals surface area contributed by atoms with E-state index >= 15 is 0 Å². The van der Waals surface area contributed by atoms with Crippen LogP contribution in [0.4, 0.5) is 0 Å². The molecule has 0 aliphatic carbocycles. The average molecular weight is 202 g/mol. The summed E-state index contributed by atoms with van der Waals surface area (Å²) >= 11 is 0. The molecule has 4 nitrogen and oxygen atoms in total. The molecule has 4 heteroatoms. The van der Waals surface area contributed by atoms with Crippen molar-refractivity contribution in [1.29, 1.82) is 0 Å². The smallest absolute Gasteiger partial charge is 0.0558 e. The van der Waals surface area contributed by atoms with Gasteiger partial charge in [0.1, 0.15) is 0 Å². The Morgan fingerprint density at radius 1 is 1.07 bits per heavy atom. The van der Waals surface area contributed by atoms with Gasteiger partial charge >= 0.3 is 0 Å². The Morgan fingerprint density at radius 2 is 1.57 bits per heavy atom. The quantitative estimate of drug-likeness (QED) is 0.623. The van der Waals surface area contributed by atoms with Gasteiger partial charge in [0.25, 0.3) is 0 Å². The molecule has 0 aromatic rings. The largest absolute Gasteiger partial charge is 0.395 e. The normalized spacial score (nSPS) is 22.5. The SMILES string of the molecule is CC(O)CCN1CCN(CCO)CC1. The lowest BCUT2D eigenvalue weighted by atomic mass is 10.2. The van der Waals surface area contributed by atoms with E-state index in [2.05, 4.69) is 9.80 Å². The fourth-order valence-electron chi connectivity index (χ4n) is 1.75. The van der Waals surface area contributed by atoms with Gasteiger partial charge in [-0.15, -0.1) is 0 Å². The highest BCUT2D eigenvalue weighted by molar-refractivity contribution is 4.71. The third-order valence-electron chi connectivity index (χ3n) is 2.74. The molecule has 1 unspecified atom stereocenters. The molecule has 0 bridgehead atoms. The topological polar surface area (TPSA) is 46.9 Å². The van der Waals surface area contributed by atoms with E-state index in [1.54, 1.807) is 0 Å². The molecule has 1 aliphatic rings. The minimum atomic E-state index is -0.189. The van der Waals surface area contributed by atoms with E-state index in [9.17, 15) is 0 Å². The third-order valence-corrected chi connectivity index (χ3v) is 2.74. The molecule has 0 spiro atoms. The number of rotatable bonds is 5. The minimum absolute atomic E-state index is 0.189. The molecule has 0 aromatic heterocycles. The van der Waals surface area contributed by atoms with Crippen LogP contribution in [0.5, 0.6) is 0 Å². The molecule has 1 fully saturated rings. The summed E-state index contributed by atoms with van der Waals surface area (Å²) in [6, 6.07) is 0. The number of β-amino-alcohol motifs (C(OH)–C–C–N with tert-alkyl or cyclic N) is 1. The zero-order valence-corrected chi connectivity index (χ0v) is 9.02. The summed E-state index contributed by atoms with van der Waals surface area (Å²) < 4.78 is 0. The maximum Gasteiger partial charge on any atom is 0.0558 e. The predicted molar refractivity (Wildman–Crippen MR) is 56.3 cm³/mol. The van der Waals surface area contributed by atoms with Crippen molar-refractivity contribution >= 4 is 0 Å². The van der Waals surface area contributed by atoms with Gasteiger partial charge in [-0.25, -0.2) is 0 Å². The van der Waals surface area contributed by atoms with Crippen LogP contribution in [0.3, 0.4) is 0 Å². The van der Waals surface area contributed by atoms with Crippen LogP contribution in [0, 0.1) is 0 Å². The zero-order valence-electron chi connectivity index (χ0n) is 9.02. The van der Waals surface area contributed by atoms with Gasteiger partial charge in [-0.3, -0.25) is 4.90 Å². The molecule has 1 aliphatic heterocycles. The second kappa shape index (κ2) is 6.35. The first kappa shape index (κ1) is 11.9. The summed E-state index contributed by atoms with van der Waals surface area (Å²) in [4.78, 5) is 4.65. The molecule has 1 heterocycles. The second-order valence-corrected chi connectivity index (χ2v) is 4.04. The Labute approximate surface area is 86.1 Å². The van der Waals surface area contributed by atoms with Crippen LogP contribution in [0.25, 0.3) is 0 Å². The first-order valence-electron chi connectivity index (χ1n) is 5.46. The molecular weight excluding hydrogens is 180 g/mol. The van der Waals surface area contributed by atoms with Gasteiger partial charge in [0, 0.05) is 39.3 Å². The minimum Gasteiger partial charge on any atom is -0.395 e. The Morgan fingerprint density at radius 3 is 2.00 bits per heavy atom. The lowest BCUT2D eigenvalue weighted by Gasteiger charge is -2.34. The molecule has 0 radical (unpaired) electrons. The van der Waals surface area contributed by atoms with Gasteiger partial charge in [0.2, 0.25) is 0 Å². The molecule has 1 saturated heterocycles. The van der Waals surface area contributed by atoms with Crippen LogP contribution in [0.1, 0.15) is 13.3 Å². The molecule has 1 rings (SSSR count). The van der Waals surface area contributed by atoms with Crippen molar-refractivity contribution < 1.29 is 10.2 Å². The van der Waals surface area contributed by atoms with Gasteiger partial charge in [0.05, 0.1) is 12.7 Å². The van der Waals surface area contributed by atoms with Gasteiger partial charge < -0.3 is 15.1 Å². The highest BCUT2D eigenvalue weighted by atomic mass is 16.3. The lowest BCUT2D eigenvalue weighted by Crippen LogP contribution is -2.47. The number of aliphatic hydroxyl groups is 2. The second-order valence-electron chi connectivity index (χ2n) is 4.04. The molecule has 2 N–H and O–H groups in total. The van der Waals surface area contributed by atoms with Crippen molar-refractivity contribution in [2.24, 2.45) is 0 Å². The third kappa shape index (κ3) is 4.37. The van der Waals surface area contributed by atoms with Crippen LogP contribution in [-0.4, -0.2) is 72.0 Å². The number of aliphatic hydroxyl groups excluding tert-OH is 2. The van der Waals surface area contributed by atoms with Crippen LogP contribution >= 0.6 is 0 Å². The summed E-state index contributed by atoms with van der Waals surface area (Å²) in [5.74, 6) is 0. The van der Waals surface area contributed by atoms with Crippen molar-refractivity contribution in [2.75, 3.05) is 45.9 Å². The monoisotopic (exact) mass is 202 g/mol. The van der Waals surface area contributed by atoms with Gasteiger partial charge in [-0.05, 0) is 13.3 Å². The van der Waals surface area contributed by atoms with Crippen LogP contribution in [0.15, 0.2) is 0 Å². The van der Waals surface area contributed by atoms with Crippen molar-refractivity contribution in [1.82, 2.24) is 9.80 Å². The summed E-state index contributed by atoms with van der Waals surface area (Å²) in [5, 5.41) is 17.9. The van der Waals surface area contributed by atoms with Crippen molar-refractivity contribution in [3.05, 3.63) is 0 Å². The number of piperazine rings is 1. The first-order chi connectivity index (χ1) is 6.72. The summed E-state index contributed by atoms with van der Waals surface area (Å²) in [5.41, 5.74) is 0. The van der Waals surface area contributed by atoms with Crippen molar-refractivity contribution in [3.63, 3.8) is 0 Å². The van der Waals surface area contributed by atoms with Crippen molar-refractivity contribution in [3.8, 4) is 0 Å². The van der Waals surface area contributed by atoms with Crippen LogP contribution < -0.4 is 0 Å². The Bertz CT molecular complexity index is 145. The van der Waals surface area contributed by atoms with Crippen LogP contribution in [-0.2, 0) is 0 Å². The summed E-state index contributed by atoms with van der Waals surface area (Å²) in [6.45, 7) is 8.09. The number of hydrogen-bond acceptors (Lipinski definition) is 4. The molecule has 0 amide bonds. The Hall–Kier alpha value is -0.160. The fraction of sp³-hybridized carbons (Fsp3) is 1.00. The number of nitrogens with zero attached hydrogens (tertiary/aromatic N) is 2. The Kier molecular flexibility index (Phi) is 5.40. The molecule has 0 aromatic carbocycles. The first-order valence-corrected chi connectivity index (χ1v) is 5.46. The summed E-state index contributed by atoms with van der Waals surface area (Å²) in [6.07, 6.45) is 0.672. The van der Waals surface area contributed by atoms with E-state index in [0.29, 0.717) is 0 Å². The van der Waals surface area contributed by atoms with E-state index < -0.39 is 0 Å². The predicted octanol–water partition coefficient (Wildman–Crippen LogP) is -0.633. The zero-order chi connectivity index (χ0) is 10.4. The number of hydrogen-bond donors (Lipinski definition) is 2. The van der Waals surface area contributed by atoms with Gasteiger partial charge in [-0.1, -0.05) is 0 Å². The maximum absolute atomic E-state index is 9.15. The molecule has 0 saturated carbocycles. The average Bonchev–Trinajstić information content (AvgIpc) is 2.17. The summed E-state index contributed by atoms with van der Waals surface area (Å²) in [7, 11) is 0. The lowest BCUT2D eigenvalue weighted by molar-refractivity contribution is 0.0965. The van der Waals surface area contributed by atoms with Crippen molar-refractivity contribution in [2.45, 2.75) is 19.4 Å². The highest BCUT2D eigenvalue weighted by Gasteiger charge is 2.15. The van der Waals surface area contributed by atoms with Gasteiger partial charge in [-0.2, -0.15) is 0 Å². The van der Waals surface area contributed by atoms with Gasteiger partial charge in [0.15, 0.2) is 0 Å².